The van der Waals surface area contributed by atoms with Gasteiger partial charge in [0.05, 0.1) is 12.6 Å². The zero-order valence-electron chi connectivity index (χ0n) is 7.34. The third kappa shape index (κ3) is 0.840. The first-order valence-corrected chi connectivity index (χ1v) is 4.35. The molecular weight excluding hydrogens is 170 g/mol. The predicted octanol–water partition coefficient (Wildman–Crippen LogP) is -0.875. The van der Waals surface area contributed by atoms with Gasteiger partial charge in [0, 0.05) is 19.5 Å². The molecule has 13 heavy (non-hydrogen) atoms. The fourth-order valence-electron chi connectivity index (χ4n) is 1.83. The second-order valence-electron chi connectivity index (χ2n) is 3.54. The molecule has 0 radical (unpaired) electrons. The summed E-state index contributed by atoms with van der Waals surface area (Å²) in [5.41, 5.74) is 5.77. The van der Waals surface area contributed by atoms with Gasteiger partial charge in [-0.2, -0.15) is 0 Å². The molecule has 6 heteroatoms. The Bertz CT molecular complexity index is 337. The molecule has 0 saturated carbocycles. The van der Waals surface area contributed by atoms with Gasteiger partial charge in [0.1, 0.15) is 0 Å². The van der Waals surface area contributed by atoms with Gasteiger partial charge >= 0.3 is 6.01 Å². The third-order valence-corrected chi connectivity index (χ3v) is 2.68. The van der Waals surface area contributed by atoms with Crippen molar-refractivity contribution in [3.63, 3.8) is 0 Å². The van der Waals surface area contributed by atoms with E-state index < -0.39 is 0 Å². The number of hydrazine groups is 1. The highest BCUT2D eigenvalue weighted by atomic mass is 16.4. The second-order valence-corrected chi connectivity index (χ2v) is 3.54. The van der Waals surface area contributed by atoms with Crippen LogP contribution in [0, 0.1) is 6.92 Å². The molecule has 2 aliphatic rings. The van der Waals surface area contributed by atoms with Gasteiger partial charge in [-0.05, 0) is 0 Å². The summed E-state index contributed by atoms with van der Waals surface area (Å²) in [5, 5.41) is 11.8. The van der Waals surface area contributed by atoms with Crippen LogP contribution in [0.4, 0.5) is 6.01 Å². The number of fused-ring (bicyclic) bond motifs is 1. The summed E-state index contributed by atoms with van der Waals surface area (Å²) in [6, 6.07) is 1.40. The number of rotatable bonds is 1. The molecule has 3 heterocycles. The van der Waals surface area contributed by atoms with Crippen molar-refractivity contribution in [2.45, 2.75) is 19.0 Å². The Balaban J connectivity index is 1.76. The van der Waals surface area contributed by atoms with Gasteiger partial charge in [-0.3, -0.25) is 5.01 Å². The molecule has 2 saturated heterocycles. The van der Waals surface area contributed by atoms with Crippen LogP contribution in [0.25, 0.3) is 0 Å². The second kappa shape index (κ2) is 2.21. The maximum absolute atomic E-state index is 5.77. The molecule has 0 amide bonds. The fourth-order valence-corrected chi connectivity index (χ4v) is 1.83. The van der Waals surface area contributed by atoms with Crippen molar-refractivity contribution >= 4 is 6.01 Å². The Morgan fingerprint density at radius 2 is 2.31 bits per heavy atom. The molecule has 1 aromatic heterocycles. The van der Waals surface area contributed by atoms with Crippen LogP contribution in [-0.4, -0.2) is 40.4 Å². The molecule has 1 aromatic rings. The molecule has 0 aliphatic carbocycles. The lowest BCUT2D eigenvalue weighted by Crippen LogP contribution is -2.81. The first-order valence-electron chi connectivity index (χ1n) is 4.35. The molecule has 6 nitrogen and oxygen atoms in total. The molecule has 2 N–H and O–H groups in total. The van der Waals surface area contributed by atoms with Gasteiger partial charge in [-0.15, -0.1) is 5.10 Å². The van der Waals surface area contributed by atoms with Crippen molar-refractivity contribution in [3.05, 3.63) is 5.89 Å². The molecule has 2 unspecified atom stereocenters. The zero-order valence-corrected chi connectivity index (χ0v) is 7.34. The first-order chi connectivity index (χ1) is 6.25. The standard InChI is InChI=1S/C7H11N5O/c1-4-9-10-7(13-4)12-3-6-5(8)2-11(6)12/h5-6H,2-3,8H2,1H3. The maximum atomic E-state index is 5.77. The molecule has 0 aromatic carbocycles. The van der Waals surface area contributed by atoms with Crippen LogP contribution in [0.3, 0.4) is 0 Å². The average molecular weight is 181 g/mol. The minimum absolute atomic E-state index is 0.320. The number of aryl methyl sites for hydroxylation is 1. The van der Waals surface area contributed by atoms with Crippen molar-refractivity contribution in [2.75, 3.05) is 18.1 Å². The number of nitrogens with two attached hydrogens (primary N) is 1. The Kier molecular flexibility index (Phi) is 1.24. The largest absolute Gasteiger partial charge is 0.407 e. The Hall–Kier alpha value is -1.14. The summed E-state index contributed by atoms with van der Waals surface area (Å²) in [6.07, 6.45) is 0. The van der Waals surface area contributed by atoms with Crippen molar-refractivity contribution in [1.82, 2.24) is 15.2 Å². The third-order valence-electron chi connectivity index (χ3n) is 2.68. The number of aromatic nitrogens is 2. The number of hydrogen-bond donors (Lipinski definition) is 1. The molecule has 2 fully saturated rings. The van der Waals surface area contributed by atoms with E-state index >= 15 is 0 Å². The highest BCUT2D eigenvalue weighted by Crippen LogP contribution is 2.33. The summed E-state index contributed by atoms with van der Waals surface area (Å²) in [5.74, 6) is 0.600. The van der Waals surface area contributed by atoms with Crippen LogP contribution in [0.2, 0.25) is 0 Å². The van der Waals surface area contributed by atoms with Crippen LogP contribution in [0.5, 0.6) is 0 Å². The summed E-state index contributed by atoms with van der Waals surface area (Å²) >= 11 is 0. The van der Waals surface area contributed by atoms with E-state index in [-0.39, 0.29) is 0 Å². The van der Waals surface area contributed by atoms with Crippen LogP contribution < -0.4 is 10.7 Å². The maximum Gasteiger partial charge on any atom is 0.333 e. The van der Waals surface area contributed by atoms with Gasteiger partial charge < -0.3 is 10.2 Å². The quantitative estimate of drug-likeness (QED) is 0.607. The van der Waals surface area contributed by atoms with Gasteiger partial charge in [0.25, 0.3) is 0 Å². The Morgan fingerprint density at radius 1 is 1.46 bits per heavy atom. The summed E-state index contributed by atoms with van der Waals surface area (Å²) in [4.78, 5) is 0. The van der Waals surface area contributed by atoms with Crippen molar-refractivity contribution in [1.29, 1.82) is 0 Å². The molecule has 0 bridgehead atoms. The zero-order chi connectivity index (χ0) is 9.00. The van der Waals surface area contributed by atoms with Crippen molar-refractivity contribution in [3.8, 4) is 0 Å². The molecular formula is C7H11N5O. The van der Waals surface area contributed by atoms with E-state index in [1.54, 1.807) is 6.92 Å². The topological polar surface area (TPSA) is 71.4 Å². The van der Waals surface area contributed by atoms with Crippen LogP contribution >= 0.6 is 0 Å². The Labute approximate surface area is 75.3 Å². The fraction of sp³-hybridized carbons (Fsp3) is 0.714. The first kappa shape index (κ1) is 7.28. The summed E-state index contributed by atoms with van der Waals surface area (Å²) in [6.45, 7) is 3.59. The van der Waals surface area contributed by atoms with Gasteiger partial charge in [0.2, 0.25) is 5.89 Å². The Morgan fingerprint density at radius 3 is 2.77 bits per heavy atom. The van der Waals surface area contributed by atoms with E-state index in [9.17, 15) is 0 Å². The highest BCUT2D eigenvalue weighted by Gasteiger charge is 2.51. The predicted molar refractivity (Wildman–Crippen MR) is 44.9 cm³/mol. The normalized spacial score (nSPS) is 32.3. The van der Waals surface area contributed by atoms with E-state index in [1.807, 2.05) is 5.01 Å². The molecule has 70 valence electrons. The highest BCUT2D eigenvalue weighted by molar-refractivity contribution is 5.32. The van der Waals surface area contributed by atoms with E-state index in [4.69, 9.17) is 10.2 Å². The van der Waals surface area contributed by atoms with Gasteiger partial charge in [-0.25, -0.2) is 5.01 Å². The smallest absolute Gasteiger partial charge is 0.333 e. The lowest BCUT2D eigenvalue weighted by Gasteiger charge is -2.60. The van der Waals surface area contributed by atoms with E-state index in [0.717, 1.165) is 13.1 Å². The number of nitrogens with zero attached hydrogens (tertiary/aromatic N) is 4. The van der Waals surface area contributed by atoms with E-state index in [0.29, 0.717) is 24.0 Å². The molecule has 3 rings (SSSR count). The summed E-state index contributed by atoms with van der Waals surface area (Å²) in [7, 11) is 0. The minimum Gasteiger partial charge on any atom is -0.407 e. The monoisotopic (exact) mass is 181 g/mol. The van der Waals surface area contributed by atoms with Crippen LogP contribution in [0.1, 0.15) is 5.89 Å². The minimum atomic E-state index is 0.320. The molecule has 0 spiro atoms. The lowest BCUT2D eigenvalue weighted by molar-refractivity contribution is -0.0325. The molecule has 2 atom stereocenters. The van der Waals surface area contributed by atoms with Crippen LogP contribution in [-0.2, 0) is 0 Å². The van der Waals surface area contributed by atoms with Gasteiger partial charge in [-0.1, -0.05) is 5.10 Å². The molecule has 2 aliphatic heterocycles. The SMILES string of the molecule is Cc1nnc(N2CC3C(N)CN32)o1. The van der Waals surface area contributed by atoms with E-state index in [1.165, 1.54) is 0 Å². The van der Waals surface area contributed by atoms with Crippen molar-refractivity contribution < 1.29 is 4.42 Å². The van der Waals surface area contributed by atoms with E-state index in [2.05, 4.69) is 15.2 Å². The summed E-state index contributed by atoms with van der Waals surface area (Å²) < 4.78 is 5.30. The number of anilines is 1. The number of hydrogen-bond acceptors (Lipinski definition) is 6. The van der Waals surface area contributed by atoms with Crippen LogP contribution in [0.15, 0.2) is 4.42 Å². The van der Waals surface area contributed by atoms with Gasteiger partial charge in [0.15, 0.2) is 0 Å². The average Bonchev–Trinajstić information content (AvgIpc) is 2.47. The lowest BCUT2D eigenvalue weighted by atomic mass is 9.95. The van der Waals surface area contributed by atoms with Crippen molar-refractivity contribution in [2.24, 2.45) is 5.73 Å².